The smallest absolute Gasteiger partial charge is 0.193 e. The number of halogens is 2. The lowest BCUT2D eigenvalue weighted by Gasteiger charge is -2.30. The van der Waals surface area contributed by atoms with Crippen LogP contribution < -0.4 is 0 Å². The topological polar surface area (TPSA) is 20.3 Å². The summed E-state index contributed by atoms with van der Waals surface area (Å²) in [6.07, 6.45) is 1.26. The summed E-state index contributed by atoms with van der Waals surface area (Å²) in [4.78, 5) is 14.9. The Morgan fingerprint density at radius 1 is 1.00 bits per heavy atom. The molecule has 3 rings (SSSR count). The number of rotatable bonds is 4. The lowest BCUT2D eigenvalue weighted by Crippen LogP contribution is -2.36. The first-order valence-corrected chi connectivity index (χ1v) is 7.69. The van der Waals surface area contributed by atoms with Crippen molar-refractivity contribution in [3.05, 3.63) is 69.2 Å². The molecule has 0 N–H and O–H groups in total. The van der Waals surface area contributed by atoms with Crippen LogP contribution >= 0.6 is 23.2 Å². The van der Waals surface area contributed by atoms with Gasteiger partial charge in [0.25, 0.3) is 0 Å². The molecule has 0 radical (unpaired) electrons. The number of likely N-dealkylation sites (tertiary alicyclic amines) is 1. The van der Waals surface area contributed by atoms with Crippen LogP contribution in [0, 0.1) is 0 Å². The summed E-state index contributed by atoms with van der Waals surface area (Å²) in [5.74, 6) is -0.0511. The van der Waals surface area contributed by atoms with E-state index in [1.165, 1.54) is 6.42 Å². The minimum Gasteiger partial charge on any atom is -0.299 e. The molecule has 21 heavy (non-hydrogen) atoms. The highest BCUT2D eigenvalue weighted by molar-refractivity contribution is 6.35. The lowest BCUT2D eigenvalue weighted by atomic mass is 10.0. The van der Waals surface area contributed by atoms with Gasteiger partial charge in [-0.3, -0.25) is 9.69 Å². The summed E-state index contributed by atoms with van der Waals surface area (Å²) in [6, 6.07) is 12.7. The maximum atomic E-state index is 12.5. The van der Waals surface area contributed by atoms with E-state index < -0.39 is 0 Å². The van der Waals surface area contributed by atoms with Crippen molar-refractivity contribution >= 4 is 29.0 Å². The number of ketones is 1. The second-order valence-corrected chi connectivity index (χ2v) is 6.19. The van der Waals surface area contributed by atoms with Crippen molar-refractivity contribution in [3.63, 3.8) is 0 Å². The molecule has 0 aromatic heterocycles. The molecule has 2 nitrogen and oxygen atoms in total. The van der Waals surface area contributed by atoms with Gasteiger partial charge in [0.15, 0.2) is 5.78 Å². The Bertz CT molecular complexity index is 660. The molecule has 108 valence electrons. The molecular formula is C17H15Cl2NO. The van der Waals surface area contributed by atoms with Crippen molar-refractivity contribution in [2.24, 2.45) is 0 Å². The van der Waals surface area contributed by atoms with E-state index in [4.69, 9.17) is 23.2 Å². The summed E-state index contributed by atoms with van der Waals surface area (Å²) < 4.78 is 0. The number of carbonyl (C=O) groups is 1. The predicted molar refractivity (Wildman–Crippen MR) is 86.2 cm³/mol. The second-order valence-electron chi connectivity index (χ2n) is 5.32. The summed E-state index contributed by atoms with van der Waals surface area (Å²) in [5, 5.41) is 0.949. The number of hydrogen-bond acceptors (Lipinski definition) is 2. The van der Waals surface area contributed by atoms with Crippen LogP contribution in [0.3, 0.4) is 0 Å². The first-order chi connectivity index (χ1) is 10.1. The molecule has 1 saturated heterocycles. The van der Waals surface area contributed by atoms with Gasteiger partial charge in [0.1, 0.15) is 0 Å². The molecule has 1 aliphatic rings. The van der Waals surface area contributed by atoms with Gasteiger partial charge in [-0.05, 0) is 49.3 Å². The Labute approximate surface area is 134 Å². The third kappa shape index (κ3) is 3.46. The molecule has 0 atom stereocenters. The number of nitrogens with zero attached hydrogens (tertiary/aromatic N) is 1. The van der Waals surface area contributed by atoms with Gasteiger partial charge < -0.3 is 0 Å². The summed E-state index contributed by atoms with van der Waals surface area (Å²) in [6.45, 7) is 3.18. The molecule has 0 aliphatic carbocycles. The molecule has 0 amide bonds. The molecule has 1 aliphatic heterocycles. The fourth-order valence-corrected chi connectivity index (χ4v) is 2.99. The number of hydrogen-bond donors (Lipinski definition) is 0. The van der Waals surface area contributed by atoms with Gasteiger partial charge in [-0.1, -0.05) is 41.4 Å². The monoisotopic (exact) mass is 319 g/mol. The third-order valence-corrected chi connectivity index (χ3v) is 4.11. The van der Waals surface area contributed by atoms with Gasteiger partial charge in [0.2, 0.25) is 0 Å². The normalized spacial score (nSPS) is 14.8. The minimum absolute atomic E-state index is 0.0511. The van der Waals surface area contributed by atoms with Crippen LogP contribution in [0.1, 0.15) is 27.9 Å². The van der Waals surface area contributed by atoms with Crippen LogP contribution in [0.5, 0.6) is 0 Å². The number of carbonyl (C=O) groups excluding carboxylic acids is 1. The Morgan fingerprint density at radius 2 is 1.71 bits per heavy atom. The standard InChI is InChI=1S/C17H15Cl2NO/c18-15-8-14(9-16(19)10-15)17(21)13-4-1-3-12(7-13)11-20-5-2-6-20/h1,3-4,7-10H,2,5-6,11H2. The Hall–Kier alpha value is -1.35. The highest BCUT2D eigenvalue weighted by Crippen LogP contribution is 2.22. The van der Waals surface area contributed by atoms with Gasteiger partial charge in [-0.25, -0.2) is 0 Å². The Kier molecular flexibility index (Phi) is 4.29. The third-order valence-electron chi connectivity index (χ3n) is 3.67. The van der Waals surface area contributed by atoms with Gasteiger partial charge in [-0.2, -0.15) is 0 Å². The first-order valence-electron chi connectivity index (χ1n) is 6.94. The van der Waals surface area contributed by atoms with Crippen LogP contribution in [0.4, 0.5) is 0 Å². The maximum Gasteiger partial charge on any atom is 0.193 e. The molecular weight excluding hydrogens is 305 g/mol. The summed E-state index contributed by atoms with van der Waals surface area (Å²) >= 11 is 11.9. The van der Waals surface area contributed by atoms with E-state index in [0.717, 1.165) is 25.2 Å². The van der Waals surface area contributed by atoms with Gasteiger partial charge in [0.05, 0.1) is 0 Å². The van der Waals surface area contributed by atoms with Crippen LogP contribution in [-0.4, -0.2) is 23.8 Å². The van der Waals surface area contributed by atoms with E-state index >= 15 is 0 Å². The molecule has 0 bridgehead atoms. The van der Waals surface area contributed by atoms with Gasteiger partial charge in [-0.15, -0.1) is 0 Å². The zero-order chi connectivity index (χ0) is 14.8. The second kappa shape index (κ2) is 6.18. The van der Waals surface area contributed by atoms with Crippen LogP contribution in [0.25, 0.3) is 0 Å². The fraction of sp³-hybridized carbons (Fsp3) is 0.235. The zero-order valence-electron chi connectivity index (χ0n) is 11.5. The first kappa shape index (κ1) is 14.6. The summed E-state index contributed by atoms with van der Waals surface area (Å²) in [5.41, 5.74) is 2.36. The summed E-state index contributed by atoms with van der Waals surface area (Å²) in [7, 11) is 0. The van der Waals surface area contributed by atoms with Crippen molar-refractivity contribution < 1.29 is 4.79 Å². The van der Waals surface area contributed by atoms with Crippen molar-refractivity contribution in [2.45, 2.75) is 13.0 Å². The maximum absolute atomic E-state index is 12.5. The quantitative estimate of drug-likeness (QED) is 0.777. The predicted octanol–water partition coefficient (Wildman–Crippen LogP) is 4.43. The molecule has 0 spiro atoms. The van der Waals surface area contributed by atoms with Crippen molar-refractivity contribution in [1.29, 1.82) is 0 Å². The Morgan fingerprint density at radius 3 is 2.33 bits per heavy atom. The van der Waals surface area contributed by atoms with Gasteiger partial charge >= 0.3 is 0 Å². The molecule has 4 heteroatoms. The molecule has 1 fully saturated rings. The molecule has 1 heterocycles. The molecule has 2 aromatic rings. The van der Waals surface area contributed by atoms with E-state index in [-0.39, 0.29) is 5.78 Å². The van der Waals surface area contributed by atoms with Crippen LogP contribution in [0.2, 0.25) is 10.0 Å². The highest BCUT2D eigenvalue weighted by Gasteiger charge is 2.15. The fourth-order valence-electron chi connectivity index (χ4n) is 2.46. The van der Waals surface area contributed by atoms with Gasteiger partial charge in [0, 0.05) is 27.7 Å². The highest BCUT2D eigenvalue weighted by atomic mass is 35.5. The van der Waals surface area contributed by atoms with E-state index in [0.29, 0.717) is 21.2 Å². The largest absolute Gasteiger partial charge is 0.299 e. The number of benzene rings is 2. The average Bonchev–Trinajstić information content (AvgIpc) is 2.41. The van der Waals surface area contributed by atoms with E-state index in [1.807, 2.05) is 18.2 Å². The molecule has 0 saturated carbocycles. The van der Waals surface area contributed by atoms with E-state index in [2.05, 4.69) is 11.0 Å². The van der Waals surface area contributed by atoms with Crippen molar-refractivity contribution in [1.82, 2.24) is 4.90 Å². The Balaban J connectivity index is 1.84. The average molecular weight is 320 g/mol. The van der Waals surface area contributed by atoms with E-state index in [1.54, 1.807) is 18.2 Å². The SMILES string of the molecule is O=C(c1cc(Cl)cc(Cl)c1)c1cccc(CN2CCC2)c1. The minimum atomic E-state index is -0.0511. The van der Waals surface area contributed by atoms with E-state index in [9.17, 15) is 4.79 Å². The lowest BCUT2D eigenvalue weighted by molar-refractivity contribution is 0.103. The zero-order valence-corrected chi connectivity index (χ0v) is 13.0. The van der Waals surface area contributed by atoms with Crippen molar-refractivity contribution in [2.75, 3.05) is 13.1 Å². The van der Waals surface area contributed by atoms with Crippen molar-refractivity contribution in [3.8, 4) is 0 Å². The molecule has 0 unspecified atom stereocenters. The van der Waals surface area contributed by atoms with Crippen LogP contribution in [-0.2, 0) is 6.54 Å². The van der Waals surface area contributed by atoms with Crippen LogP contribution in [0.15, 0.2) is 42.5 Å². The molecule has 2 aromatic carbocycles.